The lowest BCUT2D eigenvalue weighted by molar-refractivity contribution is 0.0731. The van der Waals surface area contributed by atoms with Gasteiger partial charge >= 0.3 is 5.97 Å². The lowest BCUT2D eigenvalue weighted by Gasteiger charge is -2.22. The molecule has 4 aromatic carbocycles. The summed E-state index contributed by atoms with van der Waals surface area (Å²) in [5.74, 6) is -1.92. The molecule has 0 atom stereocenters. The van der Waals surface area contributed by atoms with Crippen molar-refractivity contribution in [1.82, 2.24) is 0 Å². The zero-order chi connectivity index (χ0) is 33.9. The highest BCUT2D eigenvalue weighted by Crippen LogP contribution is 2.38. The fraction of sp³-hybridized carbons (Fsp3) is 0.333. The Morgan fingerprint density at radius 2 is 1.06 bits per heavy atom. The Morgan fingerprint density at radius 1 is 0.562 bits per heavy atom. The summed E-state index contributed by atoms with van der Waals surface area (Å²) < 4.78 is 5.78. The molecular formula is C42H45NO5. The van der Waals surface area contributed by atoms with E-state index in [1.807, 2.05) is 24.3 Å². The van der Waals surface area contributed by atoms with Gasteiger partial charge in [0.1, 0.15) is 5.75 Å². The van der Waals surface area contributed by atoms with Gasteiger partial charge in [0, 0.05) is 16.7 Å². The standard InChI is InChI=1S/C42H45NO5/c1-3-5-7-9-11-15-29-19-23-31(24-20-29)41(46)43-35-27-28-36(38-37(35)39(44)33-17-13-14-18-34(33)40(38)45)48-42(47)32-25-21-30(22-26-32)16-12-10-8-6-4-2/h13-14,17-28H,3-12,15-16H2,1-2H3,(H,43,46). The van der Waals surface area contributed by atoms with Gasteiger partial charge in [-0.25, -0.2) is 4.79 Å². The summed E-state index contributed by atoms with van der Waals surface area (Å²) in [4.78, 5) is 54.3. The van der Waals surface area contributed by atoms with Crippen molar-refractivity contribution in [2.75, 3.05) is 5.32 Å². The minimum atomic E-state index is -0.631. The third kappa shape index (κ3) is 8.35. The van der Waals surface area contributed by atoms with Gasteiger partial charge in [0.2, 0.25) is 0 Å². The molecule has 0 spiro atoms. The largest absolute Gasteiger partial charge is 0.422 e. The first kappa shape index (κ1) is 34.5. The van der Waals surface area contributed by atoms with Crippen LogP contribution < -0.4 is 10.1 Å². The van der Waals surface area contributed by atoms with Crippen LogP contribution in [0.4, 0.5) is 5.69 Å². The van der Waals surface area contributed by atoms with Crippen molar-refractivity contribution in [3.8, 4) is 5.75 Å². The zero-order valence-electron chi connectivity index (χ0n) is 28.1. The van der Waals surface area contributed by atoms with Crippen molar-refractivity contribution in [1.29, 1.82) is 0 Å². The summed E-state index contributed by atoms with van der Waals surface area (Å²) in [6.45, 7) is 4.40. The minimum Gasteiger partial charge on any atom is -0.422 e. The van der Waals surface area contributed by atoms with Crippen LogP contribution >= 0.6 is 0 Å². The van der Waals surface area contributed by atoms with Crippen molar-refractivity contribution < 1.29 is 23.9 Å². The van der Waals surface area contributed by atoms with E-state index >= 15 is 0 Å². The van der Waals surface area contributed by atoms with E-state index in [1.54, 1.807) is 48.5 Å². The van der Waals surface area contributed by atoms with Gasteiger partial charge < -0.3 is 10.1 Å². The van der Waals surface area contributed by atoms with Crippen LogP contribution in [0, 0.1) is 0 Å². The molecular weight excluding hydrogens is 598 g/mol. The third-order valence-electron chi connectivity index (χ3n) is 9.03. The van der Waals surface area contributed by atoms with Crippen LogP contribution in [0.3, 0.4) is 0 Å². The molecule has 0 aliphatic heterocycles. The van der Waals surface area contributed by atoms with Gasteiger partial charge in [-0.05, 0) is 73.2 Å². The van der Waals surface area contributed by atoms with Gasteiger partial charge in [-0.1, -0.05) is 114 Å². The number of unbranched alkanes of at least 4 members (excludes halogenated alkanes) is 8. The minimum absolute atomic E-state index is 0.0134. The van der Waals surface area contributed by atoms with Gasteiger partial charge in [-0.2, -0.15) is 0 Å². The molecule has 5 rings (SSSR count). The number of ketones is 2. The van der Waals surface area contributed by atoms with Crippen LogP contribution in [0.25, 0.3) is 0 Å². The summed E-state index contributed by atoms with van der Waals surface area (Å²) in [5, 5.41) is 2.85. The first-order chi connectivity index (χ1) is 23.4. The molecule has 0 saturated heterocycles. The molecule has 0 unspecified atom stereocenters. The number of hydrogen-bond acceptors (Lipinski definition) is 5. The van der Waals surface area contributed by atoms with Crippen molar-refractivity contribution in [3.63, 3.8) is 0 Å². The fourth-order valence-corrected chi connectivity index (χ4v) is 6.23. The highest BCUT2D eigenvalue weighted by Gasteiger charge is 2.35. The monoisotopic (exact) mass is 643 g/mol. The molecule has 0 aromatic heterocycles. The molecule has 0 radical (unpaired) electrons. The van der Waals surface area contributed by atoms with Gasteiger partial charge in [0.25, 0.3) is 5.91 Å². The fourth-order valence-electron chi connectivity index (χ4n) is 6.23. The van der Waals surface area contributed by atoms with Crippen molar-refractivity contribution in [3.05, 3.63) is 129 Å². The second-order valence-corrected chi connectivity index (χ2v) is 12.6. The van der Waals surface area contributed by atoms with Gasteiger partial charge in [0.15, 0.2) is 11.6 Å². The highest BCUT2D eigenvalue weighted by molar-refractivity contribution is 6.31. The lowest BCUT2D eigenvalue weighted by atomic mass is 9.82. The molecule has 48 heavy (non-hydrogen) atoms. The molecule has 0 saturated carbocycles. The Labute approximate surface area is 283 Å². The van der Waals surface area contributed by atoms with E-state index in [0.29, 0.717) is 11.1 Å². The number of amides is 1. The molecule has 6 nitrogen and oxygen atoms in total. The number of carbonyl (C=O) groups is 4. The Bertz CT molecular complexity index is 1620. The van der Waals surface area contributed by atoms with E-state index in [4.69, 9.17) is 4.74 Å². The van der Waals surface area contributed by atoms with Crippen LogP contribution in [-0.4, -0.2) is 23.4 Å². The summed E-state index contributed by atoms with van der Waals surface area (Å²) in [6.07, 6.45) is 13.8. The van der Waals surface area contributed by atoms with E-state index < -0.39 is 23.4 Å². The van der Waals surface area contributed by atoms with Gasteiger partial charge in [-0.15, -0.1) is 0 Å². The molecule has 0 fully saturated rings. The van der Waals surface area contributed by atoms with E-state index in [-0.39, 0.29) is 33.7 Å². The number of nitrogens with one attached hydrogen (secondary N) is 1. The zero-order valence-corrected chi connectivity index (χ0v) is 28.1. The average Bonchev–Trinajstić information content (AvgIpc) is 3.11. The molecule has 1 N–H and O–H groups in total. The molecule has 0 heterocycles. The number of anilines is 1. The van der Waals surface area contributed by atoms with Crippen LogP contribution in [0.5, 0.6) is 5.75 Å². The number of ether oxygens (including phenoxy) is 1. The highest BCUT2D eigenvalue weighted by atomic mass is 16.5. The Kier molecular flexibility index (Phi) is 12.1. The molecule has 1 amide bonds. The second kappa shape index (κ2) is 16.8. The maximum Gasteiger partial charge on any atom is 0.343 e. The van der Waals surface area contributed by atoms with E-state index in [1.165, 1.54) is 69.1 Å². The van der Waals surface area contributed by atoms with Crippen LogP contribution in [0.1, 0.15) is 142 Å². The predicted molar refractivity (Wildman–Crippen MR) is 190 cm³/mol. The molecule has 4 aromatic rings. The van der Waals surface area contributed by atoms with Gasteiger partial charge in [-0.3, -0.25) is 14.4 Å². The Hall–Kier alpha value is -4.84. The maximum absolute atomic E-state index is 13.8. The average molecular weight is 644 g/mol. The number of aryl methyl sites for hydroxylation is 2. The van der Waals surface area contributed by atoms with Crippen molar-refractivity contribution in [2.24, 2.45) is 0 Å². The molecule has 1 aliphatic rings. The number of benzene rings is 4. The van der Waals surface area contributed by atoms with Gasteiger partial charge in [0.05, 0.1) is 22.4 Å². The normalized spacial score (nSPS) is 12.0. The topological polar surface area (TPSA) is 89.5 Å². The van der Waals surface area contributed by atoms with Crippen LogP contribution in [0.15, 0.2) is 84.9 Å². The van der Waals surface area contributed by atoms with E-state index in [0.717, 1.165) is 31.2 Å². The quantitative estimate of drug-likeness (QED) is 0.0657. The SMILES string of the molecule is CCCCCCCc1ccc(C(=O)Nc2ccc(OC(=O)c3ccc(CCCCCCC)cc3)c3c2C(=O)c2ccccc2C3=O)cc1. The summed E-state index contributed by atoms with van der Waals surface area (Å²) in [5.41, 5.74) is 3.73. The van der Waals surface area contributed by atoms with E-state index in [9.17, 15) is 19.2 Å². The Morgan fingerprint density at radius 3 is 1.60 bits per heavy atom. The van der Waals surface area contributed by atoms with Crippen molar-refractivity contribution in [2.45, 2.75) is 90.9 Å². The number of esters is 1. The summed E-state index contributed by atoms with van der Waals surface area (Å²) in [7, 11) is 0. The number of fused-ring (bicyclic) bond motifs is 2. The lowest BCUT2D eigenvalue weighted by Crippen LogP contribution is -2.25. The predicted octanol–water partition coefficient (Wildman–Crippen LogP) is 9.96. The second-order valence-electron chi connectivity index (χ2n) is 12.6. The first-order valence-electron chi connectivity index (χ1n) is 17.5. The summed E-state index contributed by atoms with van der Waals surface area (Å²) in [6, 6.07) is 24.3. The smallest absolute Gasteiger partial charge is 0.343 e. The summed E-state index contributed by atoms with van der Waals surface area (Å²) >= 11 is 0. The molecule has 248 valence electrons. The van der Waals surface area contributed by atoms with E-state index in [2.05, 4.69) is 19.2 Å². The molecule has 1 aliphatic carbocycles. The molecule has 0 bridgehead atoms. The van der Waals surface area contributed by atoms with Crippen LogP contribution in [-0.2, 0) is 12.8 Å². The number of carbonyl (C=O) groups excluding carboxylic acids is 4. The first-order valence-corrected chi connectivity index (χ1v) is 17.5. The maximum atomic E-state index is 13.8. The number of hydrogen-bond donors (Lipinski definition) is 1. The number of rotatable bonds is 16. The molecule has 6 heteroatoms. The van der Waals surface area contributed by atoms with Crippen LogP contribution in [0.2, 0.25) is 0 Å². The van der Waals surface area contributed by atoms with Crippen molar-refractivity contribution >= 4 is 29.1 Å². The third-order valence-corrected chi connectivity index (χ3v) is 9.03. The Balaban J connectivity index is 1.35.